The van der Waals surface area contributed by atoms with Crippen LogP contribution in [0.1, 0.15) is 10.4 Å². The number of halogens is 1. The molecule has 5 heteroatoms. The summed E-state index contributed by atoms with van der Waals surface area (Å²) < 4.78 is 0.697. The largest absolute Gasteiger partial charge is 0.300 e. The van der Waals surface area contributed by atoms with E-state index in [9.17, 15) is 9.59 Å². The highest BCUT2D eigenvalue weighted by atomic mass is 79.9. The minimum Gasteiger partial charge on any atom is -0.292 e. The summed E-state index contributed by atoms with van der Waals surface area (Å²) >= 11 is 3.19. The molecule has 2 rings (SSSR count). The maximum atomic E-state index is 11.3. The van der Waals surface area contributed by atoms with E-state index in [1.54, 1.807) is 12.3 Å². The van der Waals surface area contributed by atoms with Crippen LogP contribution in [0.25, 0.3) is 0 Å². The van der Waals surface area contributed by atoms with Crippen LogP contribution in [0.15, 0.2) is 16.7 Å². The summed E-state index contributed by atoms with van der Waals surface area (Å²) in [5.74, 6) is -0.592. The fraction of sp³-hybridized carbons (Fsp3) is 0.125. The van der Waals surface area contributed by atoms with Gasteiger partial charge in [-0.05, 0) is 22.0 Å². The molecule has 0 bridgehead atoms. The normalized spacial score (nSPS) is 15.1. The first kappa shape index (κ1) is 8.37. The van der Waals surface area contributed by atoms with E-state index in [0.717, 1.165) is 0 Å². The smallest absolute Gasteiger partial charge is 0.292 e. The Labute approximate surface area is 82.7 Å². The Balaban J connectivity index is 2.67. The van der Waals surface area contributed by atoms with Gasteiger partial charge in [-0.1, -0.05) is 0 Å². The Morgan fingerprint density at radius 3 is 2.85 bits per heavy atom. The van der Waals surface area contributed by atoms with Crippen LogP contribution < -0.4 is 4.90 Å². The SMILES string of the molecule is CN1C(=O)C(=O)c2cc(Br)cnc21. The van der Waals surface area contributed by atoms with Gasteiger partial charge in [0.1, 0.15) is 5.82 Å². The summed E-state index contributed by atoms with van der Waals surface area (Å²) in [5, 5.41) is 0. The Morgan fingerprint density at radius 1 is 1.46 bits per heavy atom. The molecule has 0 fully saturated rings. The van der Waals surface area contributed by atoms with E-state index < -0.39 is 11.7 Å². The molecular weight excluding hydrogens is 236 g/mol. The van der Waals surface area contributed by atoms with Crippen molar-refractivity contribution in [2.24, 2.45) is 0 Å². The number of likely N-dealkylation sites (N-methyl/N-ethyl adjacent to an activating group) is 1. The number of hydrogen-bond donors (Lipinski definition) is 0. The lowest BCUT2D eigenvalue weighted by Crippen LogP contribution is -2.25. The zero-order valence-electron chi connectivity index (χ0n) is 6.74. The number of rotatable bonds is 0. The fourth-order valence-corrected chi connectivity index (χ4v) is 1.56. The summed E-state index contributed by atoms with van der Waals surface area (Å²) in [6.07, 6.45) is 1.56. The molecule has 66 valence electrons. The molecule has 1 aromatic rings. The van der Waals surface area contributed by atoms with Crippen LogP contribution in [0.3, 0.4) is 0 Å². The number of hydrogen-bond acceptors (Lipinski definition) is 3. The average molecular weight is 241 g/mol. The second kappa shape index (κ2) is 2.63. The fourth-order valence-electron chi connectivity index (χ4n) is 1.23. The van der Waals surface area contributed by atoms with Gasteiger partial charge in [-0.25, -0.2) is 4.98 Å². The molecule has 1 aliphatic rings. The second-order valence-electron chi connectivity index (χ2n) is 2.72. The predicted octanol–water partition coefficient (Wildman–Crippen LogP) is 1.00. The van der Waals surface area contributed by atoms with E-state index >= 15 is 0 Å². The van der Waals surface area contributed by atoms with E-state index in [4.69, 9.17) is 0 Å². The Hall–Kier alpha value is -1.23. The number of nitrogens with zero attached hydrogens (tertiary/aromatic N) is 2. The molecule has 1 aromatic heterocycles. The quantitative estimate of drug-likeness (QED) is 0.636. The first-order chi connectivity index (χ1) is 6.11. The standard InChI is InChI=1S/C8H5BrN2O2/c1-11-7-5(6(12)8(11)13)2-4(9)3-10-7/h2-3H,1H3. The molecule has 0 atom stereocenters. The van der Waals surface area contributed by atoms with E-state index in [2.05, 4.69) is 20.9 Å². The second-order valence-corrected chi connectivity index (χ2v) is 3.63. The van der Waals surface area contributed by atoms with Gasteiger partial charge in [0.15, 0.2) is 0 Å². The number of amides is 1. The number of fused-ring (bicyclic) bond motifs is 1. The van der Waals surface area contributed by atoms with Gasteiger partial charge in [-0.15, -0.1) is 0 Å². The van der Waals surface area contributed by atoms with Crippen LogP contribution in [0.2, 0.25) is 0 Å². The van der Waals surface area contributed by atoms with Crippen molar-refractivity contribution in [1.82, 2.24) is 4.98 Å². The van der Waals surface area contributed by atoms with Crippen molar-refractivity contribution >= 4 is 33.4 Å². The maximum absolute atomic E-state index is 11.3. The van der Waals surface area contributed by atoms with Gasteiger partial charge in [-0.3, -0.25) is 14.5 Å². The minimum absolute atomic E-state index is 0.363. The topological polar surface area (TPSA) is 50.3 Å². The van der Waals surface area contributed by atoms with Gasteiger partial charge >= 0.3 is 0 Å². The number of Topliss-reactive ketones (excluding diaryl/α,β-unsaturated/α-hetero) is 1. The third-order valence-electron chi connectivity index (χ3n) is 1.89. The summed E-state index contributed by atoms with van der Waals surface area (Å²) in [5.41, 5.74) is 0.363. The molecule has 13 heavy (non-hydrogen) atoms. The van der Waals surface area contributed by atoms with Crippen molar-refractivity contribution < 1.29 is 9.59 Å². The summed E-state index contributed by atoms with van der Waals surface area (Å²) in [6, 6.07) is 1.60. The maximum Gasteiger partial charge on any atom is 0.300 e. The van der Waals surface area contributed by atoms with E-state index in [-0.39, 0.29) is 0 Å². The summed E-state index contributed by atoms with van der Waals surface area (Å²) in [6.45, 7) is 0. The van der Waals surface area contributed by atoms with Crippen molar-refractivity contribution in [3.05, 3.63) is 22.3 Å². The summed E-state index contributed by atoms with van der Waals surface area (Å²) in [7, 11) is 1.53. The lowest BCUT2D eigenvalue weighted by molar-refractivity contribution is -0.114. The highest BCUT2D eigenvalue weighted by Gasteiger charge is 2.34. The van der Waals surface area contributed by atoms with Gasteiger partial charge in [0.2, 0.25) is 0 Å². The first-order valence-electron chi connectivity index (χ1n) is 3.59. The Kier molecular flexibility index (Phi) is 1.69. The lowest BCUT2D eigenvalue weighted by atomic mass is 10.2. The number of carbonyl (C=O) groups excluding carboxylic acids is 2. The van der Waals surface area contributed by atoms with Crippen molar-refractivity contribution in [3.8, 4) is 0 Å². The molecule has 4 nitrogen and oxygen atoms in total. The highest BCUT2D eigenvalue weighted by molar-refractivity contribution is 9.10. The molecule has 2 heterocycles. The van der Waals surface area contributed by atoms with E-state index in [0.29, 0.717) is 15.9 Å². The van der Waals surface area contributed by atoms with Crippen molar-refractivity contribution in [2.75, 3.05) is 11.9 Å². The average Bonchev–Trinajstić information content (AvgIpc) is 2.32. The molecule has 0 radical (unpaired) electrons. The Morgan fingerprint density at radius 2 is 2.15 bits per heavy atom. The van der Waals surface area contributed by atoms with Crippen LogP contribution in [0.5, 0.6) is 0 Å². The van der Waals surface area contributed by atoms with Gasteiger partial charge < -0.3 is 0 Å². The van der Waals surface area contributed by atoms with Crippen LogP contribution >= 0.6 is 15.9 Å². The lowest BCUT2D eigenvalue weighted by Gasteiger charge is -2.05. The van der Waals surface area contributed by atoms with Crippen LogP contribution in [-0.4, -0.2) is 23.7 Å². The molecule has 0 N–H and O–H groups in total. The third kappa shape index (κ3) is 1.07. The zero-order valence-corrected chi connectivity index (χ0v) is 8.33. The van der Waals surface area contributed by atoms with Gasteiger partial charge in [0, 0.05) is 17.7 Å². The molecule has 0 unspecified atom stereocenters. The third-order valence-corrected chi connectivity index (χ3v) is 2.33. The molecule has 0 spiro atoms. The number of aromatic nitrogens is 1. The highest BCUT2D eigenvalue weighted by Crippen LogP contribution is 2.27. The number of carbonyl (C=O) groups is 2. The number of pyridine rings is 1. The number of anilines is 1. The van der Waals surface area contributed by atoms with Crippen LogP contribution in [0.4, 0.5) is 5.82 Å². The molecular formula is C8H5BrN2O2. The summed E-state index contributed by atoms with van der Waals surface area (Å²) in [4.78, 5) is 27.7. The molecule has 0 aromatic carbocycles. The van der Waals surface area contributed by atoms with Crippen molar-refractivity contribution in [2.45, 2.75) is 0 Å². The van der Waals surface area contributed by atoms with Gasteiger partial charge in [0.05, 0.1) is 5.56 Å². The van der Waals surface area contributed by atoms with Crippen LogP contribution in [-0.2, 0) is 4.79 Å². The van der Waals surface area contributed by atoms with E-state index in [1.165, 1.54) is 11.9 Å². The van der Waals surface area contributed by atoms with Crippen molar-refractivity contribution in [1.29, 1.82) is 0 Å². The van der Waals surface area contributed by atoms with Crippen molar-refractivity contribution in [3.63, 3.8) is 0 Å². The zero-order chi connectivity index (χ0) is 9.59. The number of ketones is 1. The first-order valence-corrected chi connectivity index (χ1v) is 4.38. The molecule has 1 aliphatic heterocycles. The molecule has 0 saturated carbocycles. The van der Waals surface area contributed by atoms with Crippen LogP contribution in [0, 0.1) is 0 Å². The van der Waals surface area contributed by atoms with E-state index in [1.807, 2.05) is 0 Å². The minimum atomic E-state index is -0.527. The predicted molar refractivity (Wildman–Crippen MR) is 49.7 cm³/mol. The molecule has 1 amide bonds. The molecule has 0 saturated heterocycles. The Bertz CT molecular complexity index is 417. The molecule has 0 aliphatic carbocycles. The monoisotopic (exact) mass is 240 g/mol. The van der Waals surface area contributed by atoms with Gasteiger partial charge in [-0.2, -0.15) is 0 Å². The van der Waals surface area contributed by atoms with Gasteiger partial charge in [0.25, 0.3) is 11.7 Å².